The minimum Gasteiger partial charge on any atom is -0.487 e. The number of aromatic nitrogens is 2. The molecule has 2 rings (SSSR count). The van der Waals surface area contributed by atoms with Crippen molar-refractivity contribution in [1.29, 1.82) is 0 Å². The van der Waals surface area contributed by atoms with Crippen LogP contribution in [-0.2, 0) is 11.3 Å². The molecule has 0 amide bonds. The Morgan fingerprint density at radius 2 is 1.96 bits per heavy atom. The van der Waals surface area contributed by atoms with Crippen molar-refractivity contribution >= 4 is 17.6 Å². The summed E-state index contributed by atoms with van der Waals surface area (Å²) >= 11 is 6.03. The average Bonchev–Trinajstić information content (AvgIpc) is 2.85. The van der Waals surface area contributed by atoms with Gasteiger partial charge in [0.15, 0.2) is 0 Å². The van der Waals surface area contributed by atoms with Gasteiger partial charge in [-0.05, 0) is 13.8 Å². The lowest BCUT2D eigenvalue weighted by Gasteiger charge is -2.13. The van der Waals surface area contributed by atoms with Gasteiger partial charge in [-0.25, -0.2) is 13.6 Å². The van der Waals surface area contributed by atoms with Crippen molar-refractivity contribution in [1.82, 2.24) is 9.78 Å². The third-order valence-corrected chi connectivity index (χ3v) is 3.43. The third-order valence-electron chi connectivity index (χ3n) is 3.12. The zero-order valence-electron chi connectivity index (χ0n) is 12.8. The van der Waals surface area contributed by atoms with E-state index in [2.05, 4.69) is 9.84 Å². The van der Waals surface area contributed by atoms with E-state index in [1.54, 1.807) is 4.68 Å². The normalized spacial score (nSPS) is 10.9. The van der Waals surface area contributed by atoms with Crippen LogP contribution in [0.2, 0.25) is 5.02 Å². The summed E-state index contributed by atoms with van der Waals surface area (Å²) in [5.74, 6) is -3.28. The van der Waals surface area contributed by atoms with Crippen LogP contribution in [0.25, 0.3) is 0 Å². The van der Waals surface area contributed by atoms with Crippen LogP contribution < -0.4 is 4.74 Å². The summed E-state index contributed by atoms with van der Waals surface area (Å²) in [7, 11) is 1.04. The highest BCUT2D eigenvalue weighted by Crippen LogP contribution is 2.24. The first kappa shape index (κ1) is 17.2. The van der Waals surface area contributed by atoms with Crippen molar-refractivity contribution in [3.8, 4) is 5.75 Å². The van der Waals surface area contributed by atoms with Crippen LogP contribution in [0.3, 0.4) is 0 Å². The van der Waals surface area contributed by atoms with Gasteiger partial charge in [0.2, 0.25) is 0 Å². The number of rotatable bonds is 5. The molecule has 0 radical (unpaired) electrons. The van der Waals surface area contributed by atoms with Gasteiger partial charge in [-0.3, -0.25) is 4.68 Å². The lowest BCUT2D eigenvalue weighted by Crippen LogP contribution is -2.11. The quantitative estimate of drug-likeness (QED) is 0.775. The highest BCUT2D eigenvalue weighted by Gasteiger charge is 2.20. The summed E-state index contributed by atoms with van der Waals surface area (Å²) in [6.45, 7) is 3.81. The fourth-order valence-corrected chi connectivity index (χ4v) is 2.21. The second-order valence-electron chi connectivity index (χ2n) is 5.02. The van der Waals surface area contributed by atoms with Crippen LogP contribution in [0.15, 0.2) is 18.3 Å². The topological polar surface area (TPSA) is 53.4 Å². The predicted octanol–water partition coefficient (Wildman–Crippen LogP) is 3.76. The molecule has 0 aliphatic carbocycles. The van der Waals surface area contributed by atoms with Crippen LogP contribution in [0, 0.1) is 11.6 Å². The summed E-state index contributed by atoms with van der Waals surface area (Å²) in [5, 5.41) is 4.50. The molecule has 0 saturated carbocycles. The number of ether oxygens (including phenoxy) is 2. The first-order valence-corrected chi connectivity index (χ1v) is 7.15. The first-order chi connectivity index (χ1) is 10.8. The Morgan fingerprint density at radius 3 is 2.48 bits per heavy atom. The first-order valence-electron chi connectivity index (χ1n) is 6.77. The van der Waals surface area contributed by atoms with E-state index >= 15 is 0 Å². The van der Waals surface area contributed by atoms with Crippen molar-refractivity contribution in [2.45, 2.75) is 26.5 Å². The van der Waals surface area contributed by atoms with Crippen molar-refractivity contribution in [2.75, 3.05) is 7.11 Å². The second-order valence-corrected chi connectivity index (χ2v) is 5.43. The molecular weight excluding hydrogens is 330 g/mol. The minimum absolute atomic E-state index is 0.0204. The van der Waals surface area contributed by atoms with Gasteiger partial charge >= 0.3 is 5.97 Å². The number of halogens is 3. The molecule has 124 valence electrons. The average molecular weight is 345 g/mol. The maximum absolute atomic E-state index is 13.8. The van der Waals surface area contributed by atoms with Gasteiger partial charge in [0, 0.05) is 18.2 Å². The maximum atomic E-state index is 13.8. The van der Waals surface area contributed by atoms with Gasteiger partial charge in [0.05, 0.1) is 24.0 Å². The van der Waals surface area contributed by atoms with Crippen LogP contribution >= 0.6 is 11.6 Å². The lowest BCUT2D eigenvalue weighted by molar-refractivity contribution is 0.0589. The molecule has 8 heteroatoms. The van der Waals surface area contributed by atoms with E-state index in [9.17, 15) is 13.6 Å². The molecule has 2 aromatic rings. The number of benzene rings is 1. The molecule has 1 heterocycles. The minimum atomic E-state index is -1.09. The predicted molar refractivity (Wildman–Crippen MR) is 79.7 cm³/mol. The molecule has 0 N–H and O–H groups in total. The Labute approximate surface area is 136 Å². The third kappa shape index (κ3) is 3.61. The van der Waals surface area contributed by atoms with Crippen molar-refractivity contribution in [3.05, 3.63) is 46.2 Å². The van der Waals surface area contributed by atoms with Crippen molar-refractivity contribution in [3.63, 3.8) is 0 Å². The molecule has 0 aliphatic rings. The van der Waals surface area contributed by atoms with Crippen LogP contribution in [0.5, 0.6) is 5.75 Å². The van der Waals surface area contributed by atoms with Crippen LogP contribution in [0.1, 0.15) is 35.9 Å². The van der Waals surface area contributed by atoms with Crippen LogP contribution in [0.4, 0.5) is 8.78 Å². The number of hydrogen-bond donors (Lipinski definition) is 0. The summed E-state index contributed by atoms with van der Waals surface area (Å²) < 4.78 is 39.0. The number of methoxy groups -OCH3 is 1. The van der Waals surface area contributed by atoms with Crippen molar-refractivity contribution in [2.24, 2.45) is 0 Å². The molecule has 0 atom stereocenters. The van der Waals surface area contributed by atoms with E-state index in [-0.39, 0.29) is 18.4 Å². The summed E-state index contributed by atoms with van der Waals surface area (Å²) in [6.07, 6.45) is 1.47. The number of nitrogens with zero attached hydrogens (tertiary/aromatic N) is 2. The van der Waals surface area contributed by atoms with E-state index in [4.69, 9.17) is 16.3 Å². The van der Waals surface area contributed by atoms with E-state index < -0.39 is 23.2 Å². The molecule has 0 fully saturated rings. The van der Waals surface area contributed by atoms with E-state index in [1.807, 2.05) is 13.8 Å². The number of carbonyl (C=O) groups excluding carboxylic acids is 1. The monoisotopic (exact) mass is 344 g/mol. The van der Waals surface area contributed by atoms with E-state index in [1.165, 1.54) is 6.20 Å². The van der Waals surface area contributed by atoms with Gasteiger partial charge in [-0.2, -0.15) is 5.10 Å². The Kier molecular flexibility index (Phi) is 5.20. The fraction of sp³-hybridized carbons (Fsp3) is 0.333. The molecule has 0 bridgehead atoms. The lowest BCUT2D eigenvalue weighted by atomic mass is 10.2. The Bertz CT molecular complexity index is 709. The van der Waals surface area contributed by atoms with Gasteiger partial charge in [-0.1, -0.05) is 11.6 Å². The van der Waals surface area contributed by atoms with Gasteiger partial charge in [0.1, 0.15) is 29.6 Å². The molecule has 1 aromatic heterocycles. The summed E-state index contributed by atoms with van der Waals surface area (Å²) in [5.41, 5.74) is -0.176. The molecule has 1 aromatic carbocycles. The number of carbonyl (C=O) groups is 1. The summed E-state index contributed by atoms with van der Waals surface area (Å²) in [6, 6.07) is 1.88. The molecule has 0 spiro atoms. The smallest absolute Gasteiger partial charge is 0.343 e. The maximum Gasteiger partial charge on any atom is 0.343 e. The molecule has 23 heavy (non-hydrogen) atoms. The second kappa shape index (κ2) is 6.95. The number of esters is 1. The summed E-state index contributed by atoms with van der Waals surface area (Å²) in [4.78, 5) is 11.3. The number of hydrogen-bond acceptors (Lipinski definition) is 4. The van der Waals surface area contributed by atoms with E-state index in [0.29, 0.717) is 10.7 Å². The van der Waals surface area contributed by atoms with Gasteiger partial charge in [-0.15, -0.1) is 0 Å². The zero-order valence-corrected chi connectivity index (χ0v) is 13.5. The molecule has 0 saturated heterocycles. The largest absolute Gasteiger partial charge is 0.487 e. The molecule has 0 unspecified atom stereocenters. The van der Waals surface area contributed by atoms with Crippen LogP contribution in [-0.4, -0.2) is 22.9 Å². The highest BCUT2D eigenvalue weighted by molar-refractivity contribution is 6.31. The standard InChI is InChI=1S/C15H15ClF2N2O3/c1-8(2)20-13(10(16)6-19-20)7-23-9-4-11(17)14(12(18)5-9)15(21)22-3/h4-6,8H,7H2,1-3H3. The highest BCUT2D eigenvalue weighted by atomic mass is 35.5. The SMILES string of the molecule is COC(=O)c1c(F)cc(OCc2c(Cl)cnn2C(C)C)cc1F. The fourth-order valence-electron chi connectivity index (χ4n) is 2.03. The Hall–Kier alpha value is -2.15. The molecule has 5 nitrogen and oxygen atoms in total. The Morgan fingerprint density at radius 1 is 1.35 bits per heavy atom. The zero-order chi connectivity index (χ0) is 17.1. The molecule has 0 aliphatic heterocycles. The molecular formula is C15H15ClF2N2O3. The van der Waals surface area contributed by atoms with Gasteiger partial charge in [0.25, 0.3) is 0 Å². The Balaban J connectivity index is 2.22. The van der Waals surface area contributed by atoms with E-state index in [0.717, 1.165) is 19.2 Å². The van der Waals surface area contributed by atoms with Crippen molar-refractivity contribution < 1.29 is 23.0 Å². The van der Waals surface area contributed by atoms with Gasteiger partial charge < -0.3 is 9.47 Å².